The van der Waals surface area contributed by atoms with Gasteiger partial charge in [0.05, 0.1) is 6.61 Å². The first-order valence-electron chi connectivity index (χ1n) is 6.00. The van der Waals surface area contributed by atoms with Gasteiger partial charge in [0.25, 0.3) is 0 Å². The van der Waals surface area contributed by atoms with Gasteiger partial charge in [0.2, 0.25) is 0 Å². The van der Waals surface area contributed by atoms with Gasteiger partial charge in [0.15, 0.2) is 0 Å². The minimum Gasteiger partial charge on any atom is -0.493 e. The molecule has 88 valence electrons. The lowest BCUT2D eigenvalue weighted by Crippen LogP contribution is -2.04. The Bertz CT molecular complexity index is 453. The van der Waals surface area contributed by atoms with Crippen molar-refractivity contribution < 1.29 is 4.74 Å². The lowest BCUT2D eigenvalue weighted by Gasteiger charge is -2.09. The van der Waals surface area contributed by atoms with Crippen LogP contribution in [0.15, 0.2) is 48.7 Å². The quantitative estimate of drug-likeness (QED) is 0.782. The van der Waals surface area contributed by atoms with E-state index >= 15 is 0 Å². The summed E-state index contributed by atoms with van der Waals surface area (Å²) in [5.41, 5.74) is 2.33. The largest absolute Gasteiger partial charge is 0.493 e. The Kier molecular flexibility index (Phi) is 4.14. The predicted molar refractivity (Wildman–Crippen MR) is 69.3 cm³/mol. The summed E-state index contributed by atoms with van der Waals surface area (Å²) in [6.07, 6.45) is 3.66. The van der Waals surface area contributed by atoms with E-state index in [4.69, 9.17) is 4.74 Å². The normalized spacial score (nSPS) is 10.2. The van der Waals surface area contributed by atoms with Crippen LogP contribution >= 0.6 is 0 Å². The summed E-state index contributed by atoms with van der Waals surface area (Å²) in [4.78, 5) is 4.27. The van der Waals surface area contributed by atoms with E-state index in [1.54, 1.807) is 0 Å². The molecule has 2 heteroatoms. The van der Waals surface area contributed by atoms with Crippen molar-refractivity contribution in [3.8, 4) is 5.75 Å². The van der Waals surface area contributed by atoms with Crippen LogP contribution < -0.4 is 4.74 Å². The maximum Gasteiger partial charge on any atom is 0.122 e. The molecule has 1 heterocycles. The van der Waals surface area contributed by atoms with E-state index in [0.29, 0.717) is 6.61 Å². The first-order valence-corrected chi connectivity index (χ1v) is 6.00. The Morgan fingerprint density at radius 2 is 1.88 bits per heavy atom. The SMILES string of the molecule is CCc1ccccc1OCCc1ccccn1. The van der Waals surface area contributed by atoms with E-state index in [9.17, 15) is 0 Å². The molecular weight excluding hydrogens is 210 g/mol. The summed E-state index contributed by atoms with van der Waals surface area (Å²) < 4.78 is 5.79. The lowest BCUT2D eigenvalue weighted by atomic mass is 10.1. The van der Waals surface area contributed by atoms with Crippen molar-refractivity contribution >= 4 is 0 Å². The first-order chi connectivity index (χ1) is 8.40. The average Bonchev–Trinajstić information content (AvgIpc) is 2.40. The maximum absolute atomic E-state index is 5.79. The van der Waals surface area contributed by atoms with Gasteiger partial charge in [0.1, 0.15) is 5.75 Å². The number of para-hydroxylation sites is 1. The summed E-state index contributed by atoms with van der Waals surface area (Å²) in [5.74, 6) is 0.992. The molecule has 1 aromatic heterocycles. The van der Waals surface area contributed by atoms with E-state index < -0.39 is 0 Å². The van der Waals surface area contributed by atoms with Gasteiger partial charge < -0.3 is 4.74 Å². The highest BCUT2D eigenvalue weighted by Gasteiger charge is 2.00. The monoisotopic (exact) mass is 227 g/mol. The van der Waals surface area contributed by atoms with Gasteiger partial charge in [-0.2, -0.15) is 0 Å². The molecule has 0 saturated carbocycles. The number of aromatic nitrogens is 1. The van der Waals surface area contributed by atoms with Crippen LogP contribution in [0.25, 0.3) is 0 Å². The summed E-state index contributed by atoms with van der Waals surface area (Å²) in [5, 5.41) is 0. The first kappa shape index (κ1) is 11.6. The fourth-order valence-corrected chi connectivity index (χ4v) is 1.75. The minimum atomic E-state index is 0.675. The Labute approximate surface area is 102 Å². The summed E-state index contributed by atoms with van der Waals surface area (Å²) in [6, 6.07) is 14.1. The van der Waals surface area contributed by atoms with Gasteiger partial charge in [-0.05, 0) is 30.2 Å². The molecule has 0 saturated heterocycles. The van der Waals surface area contributed by atoms with E-state index in [-0.39, 0.29) is 0 Å². The summed E-state index contributed by atoms with van der Waals surface area (Å²) in [6.45, 7) is 2.81. The minimum absolute atomic E-state index is 0.675. The third-order valence-electron chi connectivity index (χ3n) is 2.70. The van der Waals surface area contributed by atoms with Gasteiger partial charge in [0, 0.05) is 18.3 Å². The molecule has 0 amide bonds. The molecule has 0 atom stereocenters. The van der Waals surface area contributed by atoms with Gasteiger partial charge in [-0.25, -0.2) is 0 Å². The Hall–Kier alpha value is -1.83. The second-order valence-electron chi connectivity index (χ2n) is 3.88. The zero-order valence-electron chi connectivity index (χ0n) is 10.1. The summed E-state index contributed by atoms with van der Waals surface area (Å²) in [7, 11) is 0. The van der Waals surface area contributed by atoms with Gasteiger partial charge in [-0.15, -0.1) is 0 Å². The van der Waals surface area contributed by atoms with Crippen molar-refractivity contribution in [2.75, 3.05) is 6.61 Å². The molecule has 0 aliphatic carbocycles. The van der Waals surface area contributed by atoms with E-state index in [1.807, 2.05) is 42.6 Å². The van der Waals surface area contributed by atoms with E-state index in [1.165, 1.54) is 5.56 Å². The van der Waals surface area contributed by atoms with E-state index in [0.717, 1.165) is 24.3 Å². The van der Waals surface area contributed by atoms with Gasteiger partial charge in [-0.3, -0.25) is 4.98 Å². The van der Waals surface area contributed by atoms with Gasteiger partial charge in [-0.1, -0.05) is 31.2 Å². The van der Waals surface area contributed by atoms with Crippen molar-refractivity contribution in [3.05, 3.63) is 59.9 Å². The number of pyridine rings is 1. The number of ether oxygens (including phenoxy) is 1. The van der Waals surface area contributed by atoms with Crippen molar-refractivity contribution in [1.29, 1.82) is 0 Å². The fourth-order valence-electron chi connectivity index (χ4n) is 1.75. The van der Waals surface area contributed by atoms with Crippen molar-refractivity contribution in [1.82, 2.24) is 4.98 Å². The number of benzene rings is 1. The number of aryl methyl sites for hydroxylation is 1. The summed E-state index contributed by atoms with van der Waals surface area (Å²) >= 11 is 0. The highest BCUT2D eigenvalue weighted by molar-refractivity contribution is 5.33. The molecule has 0 fully saturated rings. The van der Waals surface area contributed by atoms with Crippen molar-refractivity contribution in [2.45, 2.75) is 19.8 Å². The molecule has 0 aliphatic rings. The molecule has 0 N–H and O–H groups in total. The maximum atomic E-state index is 5.79. The van der Waals surface area contributed by atoms with Crippen LogP contribution in [0.2, 0.25) is 0 Å². The lowest BCUT2D eigenvalue weighted by molar-refractivity contribution is 0.317. The second kappa shape index (κ2) is 6.04. The van der Waals surface area contributed by atoms with Crippen molar-refractivity contribution in [3.63, 3.8) is 0 Å². The number of rotatable bonds is 5. The van der Waals surface area contributed by atoms with E-state index in [2.05, 4.69) is 18.0 Å². The average molecular weight is 227 g/mol. The Balaban J connectivity index is 1.90. The second-order valence-corrected chi connectivity index (χ2v) is 3.88. The molecule has 0 aliphatic heterocycles. The highest BCUT2D eigenvalue weighted by atomic mass is 16.5. The molecule has 2 rings (SSSR count). The molecule has 1 aromatic carbocycles. The zero-order chi connectivity index (χ0) is 11.9. The van der Waals surface area contributed by atoms with Crippen LogP contribution in [-0.4, -0.2) is 11.6 Å². The molecule has 0 unspecified atom stereocenters. The standard InChI is InChI=1S/C15H17NO/c1-2-13-7-3-4-9-15(13)17-12-10-14-8-5-6-11-16-14/h3-9,11H,2,10,12H2,1H3. The fraction of sp³-hybridized carbons (Fsp3) is 0.267. The Morgan fingerprint density at radius 1 is 1.06 bits per heavy atom. The highest BCUT2D eigenvalue weighted by Crippen LogP contribution is 2.18. The number of nitrogens with zero attached hydrogens (tertiary/aromatic N) is 1. The Morgan fingerprint density at radius 3 is 2.65 bits per heavy atom. The van der Waals surface area contributed by atoms with Crippen LogP contribution in [-0.2, 0) is 12.8 Å². The zero-order valence-corrected chi connectivity index (χ0v) is 10.1. The van der Waals surface area contributed by atoms with Crippen molar-refractivity contribution in [2.24, 2.45) is 0 Å². The number of hydrogen-bond donors (Lipinski definition) is 0. The smallest absolute Gasteiger partial charge is 0.122 e. The molecule has 0 radical (unpaired) electrons. The van der Waals surface area contributed by atoms with Crippen LogP contribution in [0, 0.1) is 0 Å². The third kappa shape index (κ3) is 3.31. The molecule has 0 bridgehead atoms. The predicted octanol–water partition coefficient (Wildman–Crippen LogP) is 3.27. The van der Waals surface area contributed by atoms with Crippen LogP contribution in [0.3, 0.4) is 0 Å². The molecule has 2 aromatic rings. The number of hydrogen-bond acceptors (Lipinski definition) is 2. The molecule has 2 nitrogen and oxygen atoms in total. The topological polar surface area (TPSA) is 22.1 Å². The molecular formula is C15H17NO. The van der Waals surface area contributed by atoms with Gasteiger partial charge >= 0.3 is 0 Å². The van der Waals surface area contributed by atoms with Crippen LogP contribution in [0.5, 0.6) is 5.75 Å². The van der Waals surface area contributed by atoms with Crippen LogP contribution in [0.1, 0.15) is 18.2 Å². The molecule has 0 spiro atoms. The molecule has 17 heavy (non-hydrogen) atoms. The third-order valence-corrected chi connectivity index (χ3v) is 2.70. The van der Waals surface area contributed by atoms with Crippen LogP contribution in [0.4, 0.5) is 0 Å².